The number of nitrogens with zero attached hydrogens (tertiary/aromatic N) is 3. The predicted molar refractivity (Wildman–Crippen MR) is 195 cm³/mol. The average Bonchev–Trinajstić information content (AvgIpc) is 3.63. The second kappa shape index (κ2) is 11.7. The molecule has 3 aliphatic rings. The minimum atomic E-state index is -2.78. The van der Waals surface area contributed by atoms with E-state index in [1.54, 1.807) is 64.2 Å². The van der Waals surface area contributed by atoms with Gasteiger partial charge in [-0.3, -0.25) is 28.6 Å². The molecule has 13 nitrogen and oxygen atoms in total. The Morgan fingerprint density at radius 3 is 2.08 bits per heavy atom. The second-order valence-corrected chi connectivity index (χ2v) is 21.3. The standard InChI is InChI=1S/C38H48N4O9Si/c1-22(43)48-29-37(26-21-41(33(47)50-34(3,4)5)28-20-16-13-17-24(26)28)25-18-14-15-19-27(25)39-30(37)42-31(45)36(9,51-52(11,12)35(6,7)8)40(10)32(46)38(29,42)49-23(2)44/h13-21,29-30,39H,1-12H3/t29-,30+,36+,37+,38-/m0/s1. The molecular weight excluding hydrogens is 685 g/mol. The molecule has 2 amide bonds. The Hall–Kier alpha value is -4.69. The van der Waals surface area contributed by atoms with Crippen LogP contribution in [0.1, 0.15) is 73.4 Å². The Labute approximate surface area is 304 Å². The number of anilines is 1. The molecule has 2 saturated heterocycles. The van der Waals surface area contributed by atoms with E-state index in [0.717, 1.165) is 11.8 Å². The minimum Gasteiger partial charge on any atom is -0.454 e. The number of fused-ring (bicyclic) bond motifs is 6. The summed E-state index contributed by atoms with van der Waals surface area (Å²) in [7, 11) is -1.35. The first-order chi connectivity index (χ1) is 23.9. The highest BCUT2D eigenvalue weighted by molar-refractivity contribution is 6.74. The lowest BCUT2D eigenvalue weighted by atomic mass is 9.69. The maximum absolute atomic E-state index is 15.5. The van der Waals surface area contributed by atoms with Crippen LogP contribution in [0.15, 0.2) is 54.7 Å². The van der Waals surface area contributed by atoms with Crippen LogP contribution < -0.4 is 5.32 Å². The summed E-state index contributed by atoms with van der Waals surface area (Å²) in [6.45, 7) is 19.2. The van der Waals surface area contributed by atoms with Crippen LogP contribution in [-0.4, -0.2) is 88.9 Å². The van der Waals surface area contributed by atoms with Gasteiger partial charge in [-0.1, -0.05) is 57.2 Å². The summed E-state index contributed by atoms with van der Waals surface area (Å²) in [5.41, 5.74) is -4.80. The van der Waals surface area contributed by atoms with Crippen LogP contribution >= 0.6 is 0 Å². The normalized spacial score (nSPS) is 27.2. The van der Waals surface area contributed by atoms with Crippen LogP contribution in [-0.2, 0) is 43.2 Å². The van der Waals surface area contributed by atoms with Gasteiger partial charge >= 0.3 is 23.8 Å². The highest BCUT2D eigenvalue weighted by atomic mass is 28.4. The van der Waals surface area contributed by atoms with Crippen molar-refractivity contribution in [1.29, 1.82) is 0 Å². The molecule has 2 aromatic carbocycles. The summed E-state index contributed by atoms with van der Waals surface area (Å²) in [5, 5.41) is 3.66. The monoisotopic (exact) mass is 732 g/mol. The molecule has 1 N–H and O–H groups in total. The van der Waals surface area contributed by atoms with Crippen molar-refractivity contribution in [1.82, 2.24) is 14.4 Å². The molecule has 52 heavy (non-hydrogen) atoms. The largest absolute Gasteiger partial charge is 0.454 e. The molecule has 0 aliphatic carbocycles. The fourth-order valence-electron chi connectivity index (χ4n) is 7.71. The molecule has 6 rings (SSSR count). The SMILES string of the molecule is CC(=O)O[C@H]1[C@]2(c3cn(C(=O)OC(C)(C)C)c4ccccc34)c3ccccc3N[C@@H]2N2C(=O)[C@@](C)(O[Si](C)(C)C(C)(C)C)N(C)C(=O)[C@@]12OC(C)=O. The van der Waals surface area contributed by atoms with E-state index in [2.05, 4.69) is 5.32 Å². The Morgan fingerprint density at radius 1 is 0.865 bits per heavy atom. The van der Waals surface area contributed by atoms with E-state index >= 15 is 9.59 Å². The number of esters is 2. The lowest BCUT2D eigenvalue weighted by Gasteiger charge is -2.55. The van der Waals surface area contributed by atoms with E-state index in [9.17, 15) is 14.4 Å². The number of carbonyl (C=O) groups is 5. The summed E-state index contributed by atoms with van der Waals surface area (Å²) in [4.78, 5) is 73.5. The van der Waals surface area contributed by atoms with Gasteiger partial charge in [-0.15, -0.1) is 0 Å². The van der Waals surface area contributed by atoms with E-state index in [1.807, 2.05) is 52.1 Å². The Kier molecular flexibility index (Phi) is 8.31. The van der Waals surface area contributed by atoms with Gasteiger partial charge in [0, 0.05) is 38.2 Å². The van der Waals surface area contributed by atoms with Crippen molar-refractivity contribution in [2.24, 2.45) is 0 Å². The number of ether oxygens (including phenoxy) is 3. The minimum absolute atomic E-state index is 0.356. The lowest BCUT2D eigenvalue weighted by molar-refractivity contribution is -0.243. The van der Waals surface area contributed by atoms with Crippen molar-refractivity contribution in [3.05, 3.63) is 65.9 Å². The van der Waals surface area contributed by atoms with E-state index in [-0.39, 0.29) is 5.04 Å². The number of rotatable bonds is 5. The first-order valence-electron chi connectivity index (χ1n) is 17.3. The quantitative estimate of drug-likeness (QED) is 0.197. The molecular formula is C38H48N4O9Si. The van der Waals surface area contributed by atoms with Gasteiger partial charge in [-0.25, -0.2) is 4.79 Å². The summed E-state index contributed by atoms with van der Waals surface area (Å²) >= 11 is 0. The van der Waals surface area contributed by atoms with Crippen LogP contribution in [0.4, 0.5) is 10.5 Å². The number of likely N-dealkylation sites (N-methyl/N-ethyl adjacent to an activating group) is 1. The highest BCUT2D eigenvalue weighted by Gasteiger charge is 2.83. The third-order valence-electron chi connectivity index (χ3n) is 10.9. The Bertz CT molecular complexity index is 2030. The van der Waals surface area contributed by atoms with Gasteiger partial charge in [0.05, 0.1) is 5.52 Å². The summed E-state index contributed by atoms with van der Waals surface area (Å²) in [6, 6.07) is 14.4. The predicted octanol–water partition coefficient (Wildman–Crippen LogP) is 5.71. The molecule has 0 radical (unpaired) electrons. The fourth-order valence-corrected chi connectivity index (χ4v) is 9.24. The van der Waals surface area contributed by atoms with E-state index in [4.69, 9.17) is 18.6 Å². The second-order valence-electron chi connectivity index (χ2n) is 16.5. The maximum Gasteiger partial charge on any atom is 0.419 e. The molecule has 278 valence electrons. The number of para-hydroxylation sites is 2. The van der Waals surface area contributed by atoms with Crippen LogP contribution in [0.5, 0.6) is 0 Å². The van der Waals surface area contributed by atoms with Crippen molar-refractivity contribution >= 4 is 54.8 Å². The first-order valence-corrected chi connectivity index (χ1v) is 20.2. The van der Waals surface area contributed by atoms with Crippen molar-refractivity contribution in [3.63, 3.8) is 0 Å². The van der Waals surface area contributed by atoms with Gasteiger partial charge in [-0.2, -0.15) is 0 Å². The molecule has 5 atom stereocenters. The molecule has 2 fully saturated rings. The van der Waals surface area contributed by atoms with Crippen LogP contribution in [0, 0.1) is 0 Å². The number of amides is 2. The molecule has 4 heterocycles. The number of aromatic nitrogens is 1. The molecule has 3 aromatic rings. The van der Waals surface area contributed by atoms with Crippen molar-refractivity contribution in [2.45, 2.75) is 115 Å². The number of benzene rings is 2. The van der Waals surface area contributed by atoms with Gasteiger partial charge < -0.3 is 28.9 Å². The number of piperazine rings is 1. The Morgan fingerprint density at radius 2 is 1.48 bits per heavy atom. The zero-order chi connectivity index (χ0) is 38.6. The lowest BCUT2D eigenvalue weighted by Crippen LogP contribution is -2.79. The number of hydrogen-bond acceptors (Lipinski definition) is 10. The van der Waals surface area contributed by atoms with E-state index in [0.29, 0.717) is 27.7 Å². The molecule has 14 heteroatoms. The zero-order valence-electron chi connectivity index (χ0n) is 31.9. The van der Waals surface area contributed by atoms with Gasteiger partial charge in [0.2, 0.25) is 5.72 Å². The van der Waals surface area contributed by atoms with Gasteiger partial charge in [0.1, 0.15) is 17.2 Å². The molecule has 0 saturated carbocycles. The number of nitrogens with one attached hydrogen (secondary N) is 1. The topological polar surface area (TPSA) is 146 Å². The van der Waals surface area contributed by atoms with Gasteiger partial charge in [0.25, 0.3) is 11.8 Å². The smallest absolute Gasteiger partial charge is 0.419 e. The van der Waals surface area contributed by atoms with Gasteiger partial charge in [-0.05, 0) is 69.1 Å². The van der Waals surface area contributed by atoms with E-state index < -0.39 is 72.9 Å². The van der Waals surface area contributed by atoms with E-state index in [1.165, 1.54) is 23.4 Å². The summed E-state index contributed by atoms with van der Waals surface area (Å²) in [6.07, 6.45) is -1.93. The number of carbonyl (C=O) groups excluding carboxylic acids is 5. The Balaban J connectivity index is 1.73. The zero-order valence-corrected chi connectivity index (χ0v) is 32.9. The van der Waals surface area contributed by atoms with Gasteiger partial charge in [0.15, 0.2) is 14.4 Å². The number of hydrogen-bond donors (Lipinski definition) is 1. The van der Waals surface area contributed by atoms with Crippen LogP contribution in [0.25, 0.3) is 10.9 Å². The van der Waals surface area contributed by atoms with Crippen LogP contribution in [0.2, 0.25) is 18.1 Å². The third kappa shape index (κ3) is 5.08. The third-order valence-corrected chi connectivity index (χ3v) is 15.5. The van der Waals surface area contributed by atoms with Crippen molar-refractivity contribution in [3.8, 4) is 0 Å². The van der Waals surface area contributed by atoms with Crippen molar-refractivity contribution in [2.75, 3.05) is 12.4 Å². The van der Waals surface area contributed by atoms with Crippen LogP contribution in [0.3, 0.4) is 0 Å². The molecule has 0 bridgehead atoms. The summed E-state index contributed by atoms with van der Waals surface area (Å²) in [5.74, 6) is -3.17. The molecule has 0 spiro atoms. The molecule has 0 unspecified atom stereocenters. The molecule has 3 aliphatic heterocycles. The maximum atomic E-state index is 15.5. The molecule has 1 aromatic heterocycles. The average molecular weight is 733 g/mol. The highest BCUT2D eigenvalue weighted by Crippen LogP contribution is 2.63. The van der Waals surface area contributed by atoms with Crippen molar-refractivity contribution < 1.29 is 42.6 Å². The first kappa shape index (κ1) is 37.1. The summed E-state index contributed by atoms with van der Waals surface area (Å²) < 4.78 is 26.4. The fraction of sp³-hybridized carbons (Fsp3) is 0.500.